The Kier molecular flexibility index (Phi) is 9.41. The summed E-state index contributed by atoms with van der Waals surface area (Å²) in [5, 5.41) is 5.04. The molecule has 0 saturated carbocycles. The highest BCUT2D eigenvalue weighted by Crippen LogP contribution is 2.16. The summed E-state index contributed by atoms with van der Waals surface area (Å²) < 4.78 is 6.22. The van der Waals surface area contributed by atoms with E-state index in [2.05, 4.69) is 37.4 Å². The second-order valence-electron chi connectivity index (χ2n) is 6.64. The van der Waals surface area contributed by atoms with Crippen LogP contribution in [0, 0.1) is 13.8 Å². The fourth-order valence-electron chi connectivity index (χ4n) is 2.33. The number of carbonyl (C=O) groups excluding carboxylic acids is 3. The van der Waals surface area contributed by atoms with E-state index in [9.17, 15) is 14.4 Å². The number of carbonyl (C=O) groups is 3. The van der Waals surface area contributed by atoms with Crippen molar-refractivity contribution in [2.24, 2.45) is 0 Å². The molecule has 164 valence electrons. The number of amides is 3. The maximum absolute atomic E-state index is 12.0. The highest BCUT2D eigenvalue weighted by atomic mass is 79.9. The standard InChI is InChI=1S/C21H23BrN4O4S/c1-13-3-6-16(11-14(13)2)23-18(27)9-10-19(28)25-26-21(31)24-20(29)12-30-17-7-4-15(22)5-8-17/h3-8,11H,9-10,12H2,1-2H3,(H,23,27)(H,25,28)(H2,24,26,29,31). The van der Waals surface area contributed by atoms with Gasteiger partial charge in [-0.2, -0.15) is 0 Å². The third-order valence-electron chi connectivity index (χ3n) is 4.12. The predicted molar refractivity (Wildman–Crippen MR) is 125 cm³/mol. The molecule has 2 rings (SSSR count). The van der Waals surface area contributed by atoms with Crippen LogP contribution in [-0.2, 0) is 14.4 Å². The highest BCUT2D eigenvalue weighted by Gasteiger charge is 2.10. The first-order chi connectivity index (χ1) is 14.7. The number of aryl methyl sites for hydroxylation is 2. The fourth-order valence-corrected chi connectivity index (χ4v) is 2.76. The first-order valence-corrected chi connectivity index (χ1v) is 10.6. The first-order valence-electron chi connectivity index (χ1n) is 9.37. The minimum atomic E-state index is -0.484. The minimum absolute atomic E-state index is 0.000584. The normalized spacial score (nSPS) is 10.0. The Morgan fingerprint density at radius 3 is 2.26 bits per heavy atom. The number of thiocarbonyl (C=S) groups is 1. The molecule has 2 aromatic rings. The summed E-state index contributed by atoms with van der Waals surface area (Å²) in [6.07, 6.45) is -0.0481. The van der Waals surface area contributed by atoms with Crippen molar-refractivity contribution < 1.29 is 19.1 Å². The van der Waals surface area contributed by atoms with Crippen molar-refractivity contribution in [2.45, 2.75) is 26.7 Å². The molecule has 0 radical (unpaired) electrons. The lowest BCUT2D eigenvalue weighted by Gasteiger charge is -2.11. The summed E-state index contributed by atoms with van der Waals surface area (Å²) in [6, 6.07) is 12.6. The van der Waals surface area contributed by atoms with Gasteiger partial charge in [-0.05, 0) is 73.6 Å². The number of hydrogen-bond acceptors (Lipinski definition) is 5. The molecule has 0 unspecified atom stereocenters. The van der Waals surface area contributed by atoms with E-state index >= 15 is 0 Å². The number of anilines is 1. The van der Waals surface area contributed by atoms with Crippen LogP contribution in [0.25, 0.3) is 0 Å². The van der Waals surface area contributed by atoms with Gasteiger partial charge < -0.3 is 10.1 Å². The number of benzene rings is 2. The SMILES string of the molecule is Cc1ccc(NC(=O)CCC(=O)NNC(=S)NC(=O)COc2ccc(Br)cc2)cc1C. The third-order valence-corrected chi connectivity index (χ3v) is 4.85. The molecule has 0 saturated heterocycles. The van der Waals surface area contributed by atoms with E-state index in [0.29, 0.717) is 11.4 Å². The molecule has 0 heterocycles. The molecule has 10 heteroatoms. The lowest BCUT2D eigenvalue weighted by Crippen LogP contribution is -2.49. The maximum atomic E-state index is 12.0. The van der Waals surface area contributed by atoms with Gasteiger partial charge in [0.05, 0.1) is 0 Å². The number of halogens is 1. The topological polar surface area (TPSA) is 109 Å². The number of nitrogens with one attached hydrogen (secondary N) is 4. The van der Waals surface area contributed by atoms with Gasteiger partial charge in [-0.15, -0.1) is 0 Å². The van der Waals surface area contributed by atoms with E-state index in [1.165, 1.54) is 0 Å². The van der Waals surface area contributed by atoms with Crippen LogP contribution >= 0.6 is 28.1 Å². The van der Waals surface area contributed by atoms with Crippen LogP contribution in [0.3, 0.4) is 0 Å². The summed E-state index contributed by atoms with van der Waals surface area (Å²) in [5.74, 6) is -0.677. The van der Waals surface area contributed by atoms with Gasteiger partial charge in [0.15, 0.2) is 11.7 Å². The highest BCUT2D eigenvalue weighted by molar-refractivity contribution is 9.10. The molecule has 0 spiro atoms. The van der Waals surface area contributed by atoms with Gasteiger partial charge in [-0.25, -0.2) is 0 Å². The van der Waals surface area contributed by atoms with E-state index in [-0.39, 0.29) is 30.5 Å². The Balaban J connectivity index is 1.62. The zero-order valence-corrected chi connectivity index (χ0v) is 19.5. The van der Waals surface area contributed by atoms with Gasteiger partial charge in [-0.1, -0.05) is 22.0 Å². The van der Waals surface area contributed by atoms with Crippen LogP contribution in [0.4, 0.5) is 5.69 Å². The Morgan fingerprint density at radius 2 is 1.58 bits per heavy atom. The molecule has 4 N–H and O–H groups in total. The van der Waals surface area contributed by atoms with Crippen molar-refractivity contribution >= 4 is 56.7 Å². The van der Waals surface area contributed by atoms with Crippen molar-refractivity contribution in [1.29, 1.82) is 0 Å². The van der Waals surface area contributed by atoms with Gasteiger partial charge in [0.2, 0.25) is 11.8 Å². The maximum Gasteiger partial charge on any atom is 0.264 e. The number of hydrazine groups is 1. The summed E-state index contributed by atoms with van der Waals surface area (Å²) in [7, 11) is 0. The fraction of sp³-hybridized carbons (Fsp3) is 0.238. The van der Waals surface area contributed by atoms with Gasteiger partial charge >= 0.3 is 0 Å². The van der Waals surface area contributed by atoms with Crippen LogP contribution in [0.15, 0.2) is 46.9 Å². The molecular formula is C21H23BrN4O4S. The molecule has 2 aromatic carbocycles. The summed E-state index contributed by atoms with van der Waals surface area (Å²) in [4.78, 5) is 35.7. The van der Waals surface area contributed by atoms with Crippen LogP contribution in [0.1, 0.15) is 24.0 Å². The van der Waals surface area contributed by atoms with Crippen LogP contribution < -0.4 is 26.2 Å². The molecule has 0 aliphatic carbocycles. The van der Waals surface area contributed by atoms with Crippen LogP contribution in [0.2, 0.25) is 0 Å². The molecule has 0 bridgehead atoms. The number of hydrogen-bond donors (Lipinski definition) is 4. The van der Waals surface area contributed by atoms with Crippen molar-refractivity contribution in [3.63, 3.8) is 0 Å². The van der Waals surface area contributed by atoms with E-state index in [4.69, 9.17) is 17.0 Å². The lowest BCUT2D eigenvalue weighted by molar-refractivity contribution is -0.125. The lowest BCUT2D eigenvalue weighted by atomic mass is 10.1. The molecule has 0 atom stereocenters. The molecule has 3 amide bonds. The molecule has 0 fully saturated rings. The monoisotopic (exact) mass is 506 g/mol. The number of rotatable bonds is 7. The summed E-state index contributed by atoms with van der Waals surface area (Å²) in [6.45, 7) is 3.70. The van der Waals surface area contributed by atoms with E-state index in [1.54, 1.807) is 24.3 Å². The summed E-state index contributed by atoms with van der Waals surface area (Å²) >= 11 is 8.25. The van der Waals surface area contributed by atoms with Gasteiger partial charge in [-0.3, -0.25) is 30.6 Å². The van der Waals surface area contributed by atoms with Crippen molar-refractivity contribution in [3.8, 4) is 5.75 Å². The molecule has 31 heavy (non-hydrogen) atoms. The molecular weight excluding hydrogens is 484 g/mol. The Labute approximate surface area is 194 Å². The zero-order chi connectivity index (χ0) is 22.8. The van der Waals surface area contributed by atoms with Crippen LogP contribution in [-0.4, -0.2) is 29.4 Å². The number of ether oxygens (including phenoxy) is 1. The van der Waals surface area contributed by atoms with Crippen molar-refractivity contribution in [2.75, 3.05) is 11.9 Å². The van der Waals surface area contributed by atoms with E-state index < -0.39 is 11.8 Å². The molecule has 0 aliphatic rings. The van der Waals surface area contributed by atoms with Gasteiger partial charge in [0.1, 0.15) is 5.75 Å². The summed E-state index contributed by atoms with van der Waals surface area (Å²) in [5.41, 5.74) is 7.62. The second kappa shape index (κ2) is 12.0. The smallest absolute Gasteiger partial charge is 0.264 e. The zero-order valence-electron chi connectivity index (χ0n) is 17.1. The quantitative estimate of drug-likeness (QED) is 0.339. The van der Waals surface area contributed by atoms with E-state index in [1.807, 2.05) is 32.0 Å². The largest absolute Gasteiger partial charge is 0.484 e. The van der Waals surface area contributed by atoms with Gasteiger partial charge in [0, 0.05) is 23.0 Å². The predicted octanol–water partition coefficient (Wildman–Crippen LogP) is 2.89. The Morgan fingerprint density at radius 1 is 0.903 bits per heavy atom. The first kappa shape index (κ1) is 24.3. The third kappa shape index (κ3) is 9.14. The van der Waals surface area contributed by atoms with Crippen LogP contribution in [0.5, 0.6) is 5.75 Å². The average molecular weight is 507 g/mol. The van der Waals surface area contributed by atoms with Gasteiger partial charge in [0.25, 0.3) is 5.91 Å². The van der Waals surface area contributed by atoms with E-state index in [0.717, 1.165) is 15.6 Å². The Bertz CT molecular complexity index is 966. The van der Waals surface area contributed by atoms with Crippen molar-refractivity contribution in [1.82, 2.24) is 16.2 Å². The Hall–Kier alpha value is -2.98. The van der Waals surface area contributed by atoms with Crippen molar-refractivity contribution in [3.05, 3.63) is 58.1 Å². The molecule has 0 aliphatic heterocycles. The minimum Gasteiger partial charge on any atom is -0.484 e. The molecule has 0 aromatic heterocycles. The average Bonchev–Trinajstić information content (AvgIpc) is 2.73. The second-order valence-corrected chi connectivity index (χ2v) is 7.96. The molecule has 8 nitrogen and oxygen atoms in total.